The standard InChI is InChI=1S/C15H9NO5/c17-13-11-7-6-9(8-12(11)14(18)16(13)20)15(19)21-10-4-2-1-3-5-10/h1-8,20H. The van der Waals surface area contributed by atoms with Crippen molar-refractivity contribution in [3.63, 3.8) is 0 Å². The van der Waals surface area contributed by atoms with Crippen molar-refractivity contribution in [2.24, 2.45) is 0 Å². The Bertz CT molecular complexity index is 754. The number of hydroxylamine groups is 2. The number of carbonyl (C=O) groups is 3. The van der Waals surface area contributed by atoms with Crippen LogP contribution in [0.25, 0.3) is 0 Å². The highest BCUT2D eigenvalue weighted by Crippen LogP contribution is 2.23. The molecule has 0 radical (unpaired) electrons. The highest BCUT2D eigenvalue weighted by molar-refractivity contribution is 6.21. The van der Waals surface area contributed by atoms with Crippen LogP contribution >= 0.6 is 0 Å². The van der Waals surface area contributed by atoms with Crippen molar-refractivity contribution in [2.45, 2.75) is 0 Å². The summed E-state index contributed by atoms with van der Waals surface area (Å²) in [6, 6.07) is 12.4. The number of fused-ring (bicyclic) bond motifs is 1. The zero-order valence-electron chi connectivity index (χ0n) is 10.6. The van der Waals surface area contributed by atoms with E-state index in [1.54, 1.807) is 30.3 Å². The molecule has 6 nitrogen and oxygen atoms in total. The molecule has 0 fully saturated rings. The lowest BCUT2D eigenvalue weighted by molar-refractivity contribution is -0.0327. The molecule has 0 aliphatic carbocycles. The van der Waals surface area contributed by atoms with E-state index in [4.69, 9.17) is 4.74 Å². The van der Waals surface area contributed by atoms with Gasteiger partial charge in [0.15, 0.2) is 0 Å². The predicted molar refractivity (Wildman–Crippen MR) is 70.1 cm³/mol. The van der Waals surface area contributed by atoms with E-state index in [1.807, 2.05) is 0 Å². The number of para-hydroxylation sites is 1. The molecule has 6 heteroatoms. The number of hydrogen-bond acceptors (Lipinski definition) is 5. The summed E-state index contributed by atoms with van der Waals surface area (Å²) < 4.78 is 5.14. The first-order valence-electron chi connectivity index (χ1n) is 6.07. The third-order valence-corrected chi connectivity index (χ3v) is 3.05. The Labute approximate surface area is 119 Å². The first-order valence-corrected chi connectivity index (χ1v) is 6.07. The van der Waals surface area contributed by atoms with E-state index in [2.05, 4.69) is 0 Å². The van der Waals surface area contributed by atoms with Gasteiger partial charge in [-0.3, -0.25) is 14.8 Å². The largest absolute Gasteiger partial charge is 0.423 e. The van der Waals surface area contributed by atoms with E-state index in [0.29, 0.717) is 5.75 Å². The molecule has 2 amide bonds. The monoisotopic (exact) mass is 283 g/mol. The molecule has 0 saturated carbocycles. The van der Waals surface area contributed by atoms with E-state index in [-0.39, 0.29) is 21.8 Å². The van der Waals surface area contributed by atoms with Gasteiger partial charge in [0.25, 0.3) is 11.8 Å². The van der Waals surface area contributed by atoms with Crippen LogP contribution < -0.4 is 4.74 Å². The molecule has 1 heterocycles. The molecule has 0 spiro atoms. The minimum absolute atomic E-state index is 0.0231. The number of benzene rings is 2. The fourth-order valence-corrected chi connectivity index (χ4v) is 2.01. The first kappa shape index (κ1) is 13.0. The van der Waals surface area contributed by atoms with Gasteiger partial charge < -0.3 is 4.74 Å². The second kappa shape index (κ2) is 4.84. The second-order valence-corrected chi connectivity index (χ2v) is 4.39. The van der Waals surface area contributed by atoms with E-state index in [0.717, 1.165) is 0 Å². The molecule has 0 atom stereocenters. The zero-order chi connectivity index (χ0) is 15.0. The van der Waals surface area contributed by atoms with Crippen molar-refractivity contribution in [3.8, 4) is 5.75 Å². The van der Waals surface area contributed by atoms with Gasteiger partial charge in [-0.1, -0.05) is 18.2 Å². The summed E-state index contributed by atoms with van der Waals surface area (Å²) in [7, 11) is 0. The number of rotatable bonds is 2. The quantitative estimate of drug-likeness (QED) is 0.394. The zero-order valence-corrected chi connectivity index (χ0v) is 10.6. The highest BCUT2D eigenvalue weighted by Gasteiger charge is 2.35. The van der Waals surface area contributed by atoms with Crippen LogP contribution in [0, 0.1) is 0 Å². The SMILES string of the molecule is O=C(Oc1ccccc1)c1ccc2c(c1)C(=O)N(O)C2=O. The molecule has 104 valence electrons. The molecule has 1 N–H and O–H groups in total. The third kappa shape index (κ3) is 2.17. The molecule has 21 heavy (non-hydrogen) atoms. The Kier molecular flexibility index (Phi) is 3.00. The van der Waals surface area contributed by atoms with Gasteiger partial charge in [-0.15, -0.1) is 5.06 Å². The number of imide groups is 1. The first-order chi connectivity index (χ1) is 10.1. The lowest BCUT2D eigenvalue weighted by Gasteiger charge is -2.04. The number of esters is 1. The number of nitrogens with zero attached hydrogens (tertiary/aromatic N) is 1. The van der Waals surface area contributed by atoms with Crippen molar-refractivity contribution in [1.29, 1.82) is 0 Å². The minimum Gasteiger partial charge on any atom is -0.423 e. The van der Waals surface area contributed by atoms with E-state index < -0.39 is 17.8 Å². The summed E-state index contributed by atoms with van der Waals surface area (Å²) in [5.74, 6) is -1.95. The number of amides is 2. The van der Waals surface area contributed by atoms with E-state index >= 15 is 0 Å². The molecular weight excluding hydrogens is 274 g/mol. The molecule has 0 saturated heterocycles. The maximum absolute atomic E-state index is 12.0. The van der Waals surface area contributed by atoms with E-state index in [1.165, 1.54) is 18.2 Å². The molecule has 0 unspecified atom stereocenters. The Morgan fingerprint density at radius 2 is 1.62 bits per heavy atom. The van der Waals surface area contributed by atoms with Crippen LogP contribution in [0.1, 0.15) is 31.1 Å². The average Bonchev–Trinajstić information content (AvgIpc) is 2.73. The van der Waals surface area contributed by atoms with Gasteiger partial charge in [0.05, 0.1) is 16.7 Å². The minimum atomic E-state index is -0.857. The Morgan fingerprint density at radius 3 is 2.33 bits per heavy atom. The number of ether oxygens (including phenoxy) is 1. The fourth-order valence-electron chi connectivity index (χ4n) is 2.01. The molecule has 0 bridgehead atoms. The van der Waals surface area contributed by atoms with Crippen LogP contribution in [0.3, 0.4) is 0 Å². The lowest BCUT2D eigenvalue weighted by atomic mass is 10.1. The molecular formula is C15H9NO5. The van der Waals surface area contributed by atoms with Gasteiger partial charge >= 0.3 is 5.97 Å². The lowest BCUT2D eigenvalue weighted by Crippen LogP contribution is -2.25. The smallest absolute Gasteiger partial charge is 0.343 e. The van der Waals surface area contributed by atoms with Crippen LogP contribution in [-0.2, 0) is 0 Å². The Balaban J connectivity index is 1.90. The Morgan fingerprint density at radius 1 is 0.952 bits per heavy atom. The third-order valence-electron chi connectivity index (χ3n) is 3.05. The number of hydrogen-bond donors (Lipinski definition) is 1. The Hall–Kier alpha value is -2.99. The van der Waals surface area contributed by atoms with Gasteiger partial charge in [0, 0.05) is 0 Å². The molecule has 2 aromatic carbocycles. The van der Waals surface area contributed by atoms with Crippen LogP contribution in [0.2, 0.25) is 0 Å². The van der Waals surface area contributed by atoms with Gasteiger partial charge in [-0.25, -0.2) is 4.79 Å². The maximum Gasteiger partial charge on any atom is 0.343 e. The highest BCUT2D eigenvalue weighted by atomic mass is 16.5. The summed E-state index contributed by atoms with van der Waals surface area (Å²) in [4.78, 5) is 35.2. The van der Waals surface area contributed by atoms with Crippen LogP contribution in [-0.4, -0.2) is 28.1 Å². The molecule has 1 aliphatic heterocycles. The average molecular weight is 283 g/mol. The van der Waals surface area contributed by atoms with Crippen molar-refractivity contribution in [1.82, 2.24) is 5.06 Å². The van der Waals surface area contributed by atoms with Crippen molar-refractivity contribution >= 4 is 17.8 Å². The molecule has 0 aromatic heterocycles. The van der Waals surface area contributed by atoms with Crippen LogP contribution in [0.5, 0.6) is 5.75 Å². The summed E-state index contributed by atoms with van der Waals surface area (Å²) in [5, 5.41) is 9.30. The van der Waals surface area contributed by atoms with Crippen LogP contribution in [0.4, 0.5) is 0 Å². The van der Waals surface area contributed by atoms with Gasteiger partial charge in [0.2, 0.25) is 0 Å². The summed E-state index contributed by atoms with van der Waals surface area (Å²) in [5.41, 5.74) is 0.151. The molecule has 3 rings (SSSR count). The topological polar surface area (TPSA) is 83.9 Å². The van der Waals surface area contributed by atoms with Crippen molar-refractivity contribution in [3.05, 3.63) is 65.2 Å². The fraction of sp³-hybridized carbons (Fsp3) is 0. The summed E-state index contributed by atoms with van der Waals surface area (Å²) in [6.07, 6.45) is 0. The molecule has 1 aliphatic rings. The number of carbonyl (C=O) groups excluding carboxylic acids is 3. The summed E-state index contributed by atoms with van der Waals surface area (Å²) >= 11 is 0. The maximum atomic E-state index is 12.0. The van der Waals surface area contributed by atoms with Crippen molar-refractivity contribution in [2.75, 3.05) is 0 Å². The van der Waals surface area contributed by atoms with E-state index in [9.17, 15) is 19.6 Å². The van der Waals surface area contributed by atoms with Crippen LogP contribution in [0.15, 0.2) is 48.5 Å². The second-order valence-electron chi connectivity index (χ2n) is 4.39. The van der Waals surface area contributed by atoms with Crippen molar-refractivity contribution < 1.29 is 24.3 Å². The predicted octanol–water partition coefficient (Wildman–Crippen LogP) is 1.89. The van der Waals surface area contributed by atoms with Gasteiger partial charge in [-0.2, -0.15) is 0 Å². The molecule has 2 aromatic rings. The van der Waals surface area contributed by atoms with Gasteiger partial charge in [0.1, 0.15) is 5.75 Å². The summed E-state index contributed by atoms with van der Waals surface area (Å²) in [6.45, 7) is 0. The normalized spacial score (nSPS) is 13.3. The van der Waals surface area contributed by atoms with Gasteiger partial charge in [-0.05, 0) is 30.3 Å².